The second kappa shape index (κ2) is 13.2. The fourth-order valence-corrected chi connectivity index (χ4v) is 4.43. The number of pyridine rings is 1. The van der Waals surface area contributed by atoms with Gasteiger partial charge in [0.1, 0.15) is 0 Å². The van der Waals surface area contributed by atoms with Crippen LogP contribution in [-0.2, 0) is 17.9 Å². The average molecular weight is 465 g/mol. The van der Waals surface area contributed by atoms with E-state index < -0.39 is 0 Å². The zero-order valence-electron chi connectivity index (χ0n) is 21.1. The highest BCUT2D eigenvalue weighted by Gasteiger charge is 2.20. The van der Waals surface area contributed by atoms with Gasteiger partial charge in [-0.2, -0.15) is 0 Å². The highest BCUT2D eigenvalue weighted by Crippen LogP contribution is 2.26. The first-order valence-corrected chi connectivity index (χ1v) is 12.8. The van der Waals surface area contributed by atoms with Crippen LogP contribution < -0.4 is 10.2 Å². The predicted octanol–water partition coefficient (Wildman–Crippen LogP) is 5.18. The molecule has 1 aliphatic rings. The maximum atomic E-state index is 13.0. The first-order valence-electron chi connectivity index (χ1n) is 12.8. The molecule has 1 aromatic carbocycles. The van der Waals surface area contributed by atoms with Gasteiger partial charge in [0, 0.05) is 37.5 Å². The summed E-state index contributed by atoms with van der Waals surface area (Å²) in [5, 5.41) is 2.98. The Bertz CT molecular complexity index is 929. The second-order valence-electron chi connectivity index (χ2n) is 9.74. The summed E-state index contributed by atoms with van der Waals surface area (Å²) in [6, 6.07) is 11.5. The van der Waals surface area contributed by atoms with Gasteiger partial charge in [0.05, 0.1) is 12.2 Å². The third kappa shape index (κ3) is 7.94. The molecule has 2 amide bonds. The SMILES string of the molecule is CC(=O)N1CCCCCCCN(CCC(C)C)Cc2cc(C(=O)NCc3ccccn3)ccc21. The molecule has 0 fully saturated rings. The highest BCUT2D eigenvalue weighted by molar-refractivity contribution is 5.97. The van der Waals surface area contributed by atoms with Crippen LogP contribution in [0, 0.1) is 5.92 Å². The fourth-order valence-electron chi connectivity index (χ4n) is 4.43. The molecule has 0 bridgehead atoms. The number of nitrogens with one attached hydrogen (secondary N) is 1. The molecule has 1 aromatic heterocycles. The van der Waals surface area contributed by atoms with E-state index in [0.29, 0.717) is 18.0 Å². The predicted molar refractivity (Wildman–Crippen MR) is 138 cm³/mol. The minimum Gasteiger partial charge on any atom is -0.346 e. The minimum atomic E-state index is -0.123. The molecule has 0 saturated heterocycles. The molecule has 6 nitrogen and oxygen atoms in total. The summed E-state index contributed by atoms with van der Waals surface area (Å²) < 4.78 is 0. The molecule has 0 atom stereocenters. The molecule has 34 heavy (non-hydrogen) atoms. The molecule has 0 spiro atoms. The van der Waals surface area contributed by atoms with Gasteiger partial charge in [-0.1, -0.05) is 39.2 Å². The van der Waals surface area contributed by atoms with Crippen molar-refractivity contribution in [2.24, 2.45) is 5.92 Å². The number of hydrogen-bond donors (Lipinski definition) is 1. The van der Waals surface area contributed by atoms with Crippen molar-refractivity contribution in [3.05, 3.63) is 59.4 Å². The molecular weight excluding hydrogens is 424 g/mol. The molecule has 1 N–H and O–H groups in total. The monoisotopic (exact) mass is 464 g/mol. The lowest BCUT2D eigenvalue weighted by atomic mass is 10.0. The van der Waals surface area contributed by atoms with E-state index in [4.69, 9.17) is 0 Å². The Labute approximate surface area is 204 Å². The van der Waals surface area contributed by atoms with E-state index in [1.165, 1.54) is 19.3 Å². The molecule has 2 aromatic rings. The Balaban J connectivity index is 1.87. The Hall–Kier alpha value is -2.73. The van der Waals surface area contributed by atoms with E-state index in [0.717, 1.165) is 62.4 Å². The van der Waals surface area contributed by atoms with Gasteiger partial charge >= 0.3 is 0 Å². The highest BCUT2D eigenvalue weighted by atomic mass is 16.2. The maximum Gasteiger partial charge on any atom is 0.251 e. The number of amides is 2. The first-order chi connectivity index (χ1) is 16.4. The van der Waals surface area contributed by atoms with Gasteiger partial charge in [0.2, 0.25) is 5.91 Å². The third-order valence-electron chi connectivity index (χ3n) is 6.44. The Morgan fingerprint density at radius 2 is 1.79 bits per heavy atom. The molecule has 3 rings (SSSR count). The van der Waals surface area contributed by atoms with Crippen LogP contribution in [0.2, 0.25) is 0 Å². The Morgan fingerprint density at radius 1 is 1.03 bits per heavy atom. The van der Waals surface area contributed by atoms with Crippen molar-refractivity contribution < 1.29 is 9.59 Å². The molecule has 2 heterocycles. The zero-order valence-corrected chi connectivity index (χ0v) is 21.1. The number of nitrogens with zero attached hydrogens (tertiary/aromatic N) is 3. The maximum absolute atomic E-state index is 13.0. The van der Waals surface area contributed by atoms with Crippen molar-refractivity contribution in [3.63, 3.8) is 0 Å². The number of fused-ring (bicyclic) bond motifs is 1. The number of benzene rings is 1. The molecule has 184 valence electrons. The van der Waals surface area contributed by atoms with Crippen LogP contribution in [0.25, 0.3) is 0 Å². The summed E-state index contributed by atoms with van der Waals surface area (Å²) in [5.41, 5.74) is 3.42. The van der Waals surface area contributed by atoms with Crippen molar-refractivity contribution >= 4 is 17.5 Å². The minimum absolute atomic E-state index is 0.0550. The number of rotatable bonds is 6. The summed E-state index contributed by atoms with van der Waals surface area (Å²) in [6.45, 7) is 10.1. The number of anilines is 1. The summed E-state index contributed by atoms with van der Waals surface area (Å²) in [6.07, 6.45) is 8.63. The lowest BCUT2D eigenvalue weighted by Crippen LogP contribution is -2.33. The van der Waals surface area contributed by atoms with Gasteiger partial charge < -0.3 is 10.2 Å². The molecule has 0 radical (unpaired) electrons. The number of aromatic nitrogens is 1. The molecule has 0 unspecified atom stereocenters. The van der Waals surface area contributed by atoms with Crippen LogP contribution in [-0.4, -0.2) is 41.3 Å². The van der Waals surface area contributed by atoms with Crippen molar-refractivity contribution in [2.75, 3.05) is 24.5 Å². The van der Waals surface area contributed by atoms with E-state index in [2.05, 4.69) is 29.0 Å². The van der Waals surface area contributed by atoms with Crippen molar-refractivity contribution in [2.45, 2.75) is 72.4 Å². The molecular formula is C28H40N4O2. The summed E-state index contributed by atoms with van der Waals surface area (Å²) in [7, 11) is 0. The molecule has 1 aliphatic heterocycles. The summed E-state index contributed by atoms with van der Waals surface area (Å²) in [5.74, 6) is 0.570. The average Bonchev–Trinajstić information content (AvgIpc) is 2.82. The fraction of sp³-hybridized carbons (Fsp3) is 0.536. The van der Waals surface area contributed by atoms with Crippen molar-refractivity contribution in [1.29, 1.82) is 0 Å². The van der Waals surface area contributed by atoms with E-state index >= 15 is 0 Å². The second-order valence-corrected chi connectivity index (χ2v) is 9.74. The van der Waals surface area contributed by atoms with E-state index in [1.807, 2.05) is 41.3 Å². The van der Waals surface area contributed by atoms with Crippen LogP contribution in [0.1, 0.15) is 80.9 Å². The third-order valence-corrected chi connectivity index (χ3v) is 6.44. The number of carbonyl (C=O) groups excluding carboxylic acids is 2. The summed E-state index contributed by atoms with van der Waals surface area (Å²) in [4.78, 5) is 34.2. The standard InChI is InChI=1S/C28H40N4O2/c1-22(2)14-18-31-16-9-5-4-6-10-17-32(23(3)33)27-13-12-24(19-25(27)21-31)28(34)30-20-26-11-7-8-15-29-26/h7-8,11-13,15,19,22H,4-6,9-10,14,16-18,20-21H2,1-3H3,(H,30,34). The van der Waals surface area contributed by atoms with Gasteiger partial charge in [-0.15, -0.1) is 0 Å². The topological polar surface area (TPSA) is 65.5 Å². The smallest absolute Gasteiger partial charge is 0.251 e. The first kappa shape index (κ1) is 25.9. The number of hydrogen-bond acceptors (Lipinski definition) is 4. The van der Waals surface area contributed by atoms with E-state index in [9.17, 15) is 9.59 Å². The van der Waals surface area contributed by atoms with Crippen LogP contribution in [0.3, 0.4) is 0 Å². The van der Waals surface area contributed by atoms with Crippen LogP contribution >= 0.6 is 0 Å². The number of carbonyl (C=O) groups is 2. The normalized spacial score (nSPS) is 15.8. The summed E-state index contributed by atoms with van der Waals surface area (Å²) >= 11 is 0. The molecule has 6 heteroatoms. The van der Waals surface area contributed by atoms with Crippen LogP contribution in [0.15, 0.2) is 42.6 Å². The van der Waals surface area contributed by atoms with E-state index in [1.54, 1.807) is 13.1 Å². The van der Waals surface area contributed by atoms with Crippen LogP contribution in [0.5, 0.6) is 0 Å². The van der Waals surface area contributed by atoms with Crippen molar-refractivity contribution in [1.82, 2.24) is 15.2 Å². The van der Waals surface area contributed by atoms with Crippen molar-refractivity contribution in [3.8, 4) is 0 Å². The van der Waals surface area contributed by atoms with E-state index in [-0.39, 0.29) is 11.8 Å². The zero-order chi connectivity index (χ0) is 24.3. The lowest BCUT2D eigenvalue weighted by Gasteiger charge is -2.29. The Kier molecular flexibility index (Phi) is 10.1. The van der Waals surface area contributed by atoms with Gasteiger partial charge in [0.25, 0.3) is 5.91 Å². The lowest BCUT2D eigenvalue weighted by molar-refractivity contribution is -0.116. The Morgan fingerprint density at radius 3 is 2.50 bits per heavy atom. The molecule has 0 aliphatic carbocycles. The van der Waals surface area contributed by atoms with Gasteiger partial charge in [0.15, 0.2) is 0 Å². The van der Waals surface area contributed by atoms with Crippen LogP contribution in [0.4, 0.5) is 5.69 Å². The van der Waals surface area contributed by atoms with Gasteiger partial charge in [-0.25, -0.2) is 0 Å². The van der Waals surface area contributed by atoms with Gasteiger partial charge in [-0.3, -0.25) is 19.5 Å². The largest absolute Gasteiger partial charge is 0.346 e. The quantitative estimate of drug-likeness (QED) is 0.640. The molecule has 0 saturated carbocycles. The van der Waals surface area contributed by atoms with Gasteiger partial charge in [-0.05, 0) is 74.2 Å².